The number of carboxylic acids is 1. The van der Waals surface area contributed by atoms with Crippen LogP contribution in [-0.4, -0.2) is 25.4 Å². The molecule has 0 atom stereocenters. The van der Waals surface area contributed by atoms with E-state index < -0.39 is 17.6 Å². The van der Waals surface area contributed by atoms with E-state index in [-0.39, 0.29) is 11.3 Å². The number of benzene rings is 1. The van der Waals surface area contributed by atoms with E-state index in [1.165, 1.54) is 29.1 Å². The number of fused-ring (bicyclic) bond motifs is 1. The fourth-order valence-electron chi connectivity index (χ4n) is 1.87. The van der Waals surface area contributed by atoms with Crippen LogP contribution in [0, 0.1) is 11.6 Å². The second kappa shape index (κ2) is 4.37. The summed E-state index contributed by atoms with van der Waals surface area (Å²) < 4.78 is 27.6. The number of hydrogen-bond acceptors (Lipinski definition) is 3. The van der Waals surface area contributed by atoms with Crippen molar-refractivity contribution in [3.05, 3.63) is 54.1 Å². The molecule has 0 unspecified atom stereocenters. The quantitative estimate of drug-likeness (QED) is 0.779. The van der Waals surface area contributed by atoms with Crippen LogP contribution < -0.4 is 0 Å². The SMILES string of the molecule is O=C(O)c1nccn2cc(-c3ccc(F)c(F)c3)nc12. The molecular formula is C13H7F2N3O2. The predicted octanol–water partition coefficient (Wildman–Crippen LogP) is 2.37. The van der Waals surface area contributed by atoms with Gasteiger partial charge in [0.2, 0.25) is 0 Å². The molecule has 100 valence electrons. The lowest BCUT2D eigenvalue weighted by molar-refractivity contribution is 0.0692. The van der Waals surface area contributed by atoms with Crippen LogP contribution >= 0.6 is 0 Å². The Bertz CT molecular complexity index is 830. The van der Waals surface area contributed by atoms with Gasteiger partial charge in [0, 0.05) is 24.2 Å². The first-order valence-corrected chi connectivity index (χ1v) is 5.58. The van der Waals surface area contributed by atoms with Gasteiger partial charge in [-0.25, -0.2) is 23.5 Å². The summed E-state index contributed by atoms with van der Waals surface area (Å²) in [5.41, 5.74) is 0.615. The summed E-state index contributed by atoms with van der Waals surface area (Å²) in [5.74, 6) is -3.15. The number of aromatic carboxylic acids is 1. The molecule has 2 heterocycles. The standard InChI is InChI=1S/C13H7F2N3O2/c14-8-2-1-7(5-9(8)15)10-6-18-4-3-16-11(13(19)20)12(18)17-10/h1-6H,(H,19,20). The van der Waals surface area contributed by atoms with Gasteiger partial charge in [-0.3, -0.25) is 0 Å². The third-order valence-electron chi connectivity index (χ3n) is 2.79. The Morgan fingerprint density at radius 3 is 2.75 bits per heavy atom. The topological polar surface area (TPSA) is 67.5 Å². The molecule has 1 N–H and O–H groups in total. The van der Waals surface area contributed by atoms with Crippen molar-refractivity contribution in [1.29, 1.82) is 0 Å². The molecule has 3 aromatic rings. The predicted molar refractivity (Wildman–Crippen MR) is 65.3 cm³/mol. The van der Waals surface area contributed by atoms with Crippen LogP contribution in [0.3, 0.4) is 0 Å². The number of aromatic nitrogens is 3. The molecule has 0 saturated carbocycles. The van der Waals surface area contributed by atoms with Gasteiger partial charge in [0.25, 0.3) is 0 Å². The van der Waals surface area contributed by atoms with Crippen molar-refractivity contribution in [1.82, 2.24) is 14.4 Å². The molecule has 0 fully saturated rings. The minimum Gasteiger partial charge on any atom is -0.476 e. The lowest BCUT2D eigenvalue weighted by atomic mass is 10.1. The number of imidazole rings is 1. The second-order valence-corrected chi connectivity index (χ2v) is 4.07. The van der Waals surface area contributed by atoms with E-state index in [4.69, 9.17) is 5.11 Å². The molecule has 3 rings (SSSR count). The van der Waals surface area contributed by atoms with Gasteiger partial charge in [0.15, 0.2) is 23.0 Å². The summed E-state index contributed by atoms with van der Waals surface area (Å²) in [7, 11) is 0. The largest absolute Gasteiger partial charge is 0.476 e. The van der Waals surface area contributed by atoms with Crippen LogP contribution in [-0.2, 0) is 0 Å². The lowest BCUT2D eigenvalue weighted by Crippen LogP contribution is -2.03. The maximum Gasteiger partial charge on any atom is 0.358 e. The van der Waals surface area contributed by atoms with E-state index in [0.29, 0.717) is 11.3 Å². The molecule has 0 spiro atoms. The molecule has 0 saturated heterocycles. The molecular weight excluding hydrogens is 268 g/mol. The minimum atomic E-state index is -1.21. The maximum absolute atomic E-state index is 13.2. The Kier molecular flexibility index (Phi) is 2.67. The van der Waals surface area contributed by atoms with Crippen molar-refractivity contribution in [3.63, 3.8) is 0 Å². The van der Waals surface area contributed by atoms with Crippen molar-refractivity contribution in [2.24, 2.45) is 0 Å². The van der Waals surface area contributed by atoms with E-state index >= 15 is 0 Å². The molecule has 0 aliphatic carbocycles. The fourth-order valence-corrected chi connectivity index (χ4v) is 1.87. The number of rotatable bonds is 2. The first-order chi connectivity index (χ1) is 9.56. The van der Waals surface area contributed by atoms with Crippen LogP contribution in [0.5, 0.6) is 0 Å². The zero-order valence-corrected chi connectivity index (χ0v) is 9.92. The Morgan fingerprint density at radius 2 is 2.05 bits per heavy atom. The average molecular weight is 275 g/mol. The zero-order valence-electron chi connectivity index (χ0n) is 9.92. The third kappa shape index (κ3) is 1.89. The normalized spacial score (nSPS) is 10.9. The molecule has 0 aliphatic heterocycles. The fraction of sp³-hybridized carbons (Fsp3) is 0. The minimum absolute atomic E-state index is 0.139. The third-order valence-corrected chi connectivity index (χ3v) is 2.79. The van der Waals surface area contributed by atoms with Gasteiger partial charge in [-0.1, -0.05) is 0 Å². The monoisotopic (exact) mass is 275 g/mol. The summed E-state index contributed by atoms with van der Waals surface area (Å²) >= 11 is 0. The van der Waals surface area contributed by atoms with Crippen LogP contribution in [0.15, 0.2) is 36.8 Å². The van der Waals surface area contributed by atoms with Gasteiger partial charge >= 0.3 is 5.97 Å². The van der Waals surface area contributed by atoms with Gasteiger partial charge in [-0.2, -0.15) is 0 Å². The molecule has 0 amide bonds. The van der Waals surface area contributed by atoms with Crippen molar-refractivity contribution in [3.8, 4) is 11.3 Å². The summed E-state index contributed by atoms with van der Waals surface area (Å²) in [6.07, 6.45) is 4.38. The van der Waals surface area contributed by atoms with Crippen LogP contribution in [0.1, 0.15) is 10.5 Å². The summed E-state index contributed by atoms with van der Waals surface area (Å²) in [6, 6.07) is 3.37. The van der Waals surface area contributed by atoms with Gasteiger partial charge in [0.05, 0.1) is 5.69 Å². The number of carbonyl (C=O) groups is 1. The zero-order chi connectivity index (χ0) is 14.3. The molecule has 0 aliphatic rings. The molecule has 7 heteroatoms. The van der Waals surface area contributed by atoms with E-state index in [9.17, 15) is 13.6 Å². The van der Waals surface area contributed by atoms with Crippen LogP contribution in [0.25, 0.3) is 16.9 Å². The highest BCUT2D eigenvalue weighted by Gasteiger charge is 2.15. The lowest BCUT2D eigenvalue weighted by Gasteiger charge is -1.97. The highest BCUT2D eigenvalue weighted by molar-refractivity contribution is 5.92. The van der Waals surface area contributed by atoms with Crippen molar-refractivity contribution in [2.45, 2.75) is 0 Å². The molecule has 0 bridgehead atoms. The van der Waals surface area contributed by atoms with E-state index in [1.54, 1.807) is 0 Å². The molecule has 2 aromatic heterocycles. The second-order valence-electron chi connectivity index (χ2n) is 4.07. The average Bonchev–Trinajstić information content (AvgIpc) is 2.85. The van der Waals surface area contributed by atoms with E-state index in [2.05, 4.69) is 9.97 Å². The van der Waals surface area contributed by atoms with E-state index in [1.807, 2.05) is 0 Å². The summed E-state index contributed by atoms with van der Waals surface area (Å²) in [6.45, 7) is 0. The first-order valence-electron chi connectivity index (χ1n) is 5.58. The van der Waals surface area contributed by atoms with Crippen LogP contribution in [0.2, 0.25) is 0 Å². The molecule has 0 radical (unpaired) electrons. The maximum atomic E-state index is 13.2. The highest BCUT2D eigenvalue weighted by Crippen LogP contribution is 2.22. The highest BCUT2D eigenvalue weighted by atomic mass is 19.2. The molecule has 5 nitrogen and oxygen atoms in total. The van der Waals surface area contributed by atoms with Gasteiger partial charge < -0.3 is 9.51 Å². The summed E-state index contributed by atoms with van der Waals surface area (Å²) in [5, 5.41) is 9.02. The smallest absolute Gasteiger partial charge is 0.358 e. The van der Waals surface area contributed by atoms with Crippen molar-refractivity contribution < 1.29 is 18.7 Å². The Morgan fingerprint density at radius 1 is 1.25 bits per heavy atom. The van der Waals surface area contributed by atoms with Gasteiger partial charge in [-0.05, 0) is 18.2 Å². The number of nitrogens with zero attached hydrogens (tertiary/aromatic N) is 3. The Balaban J connectivity index is 2.20. The Labute approximate surface area is 111 Å². The van der Waals surface area contributed by atoms with Gasteiger partial charge in [-0.15, -0.1) is 0 Å². The van der Waals surface area contributed by atoms with E-state index in [0.717, 1.165) is 12.1 Å². The molecule has 1 aromatic carbocycles. The first kappa shape index (κ1) is 12.2. The number of halogens is 2. The van der Waals surface area contributed by atoms with Crippen LogP contribution in [0.4, 0.5) is 8.78 Å². The number of hydrogen-bond donors (Lipinski definition) is 1. The number of carboxylic acid groups (broad SMARTS) is 1. The van der Waals surface area contributed by atoms with Gasteiger partial charge in [0.1, 0.15) is 0 Å². The Hall–Kier alpha value is -2.83. The van der Waals surface area contributed by atoms with Crippen molar-refractivity contribution in [2.75, 3.05) is 0 Å². The summed E-state index contributed by atoms with van der Waals surface area (Å²) in [4.78, 5) is 18.9. The molecule has 20 heavy (non-hydrogen) atoms. The van der Waals surface area contributed by atoms with Crippen molar-refractivity contribution >= 4 is 11.6 Å².